The maximum absolute atomic E-state index is 11.5. The van der Waals surface area contributed by atoms with E-state index in [4.69, 9.17) is 22.7 Å². The largest absolute Gasteiger partial charge is 0.468 e. The van der Waals surface area contributed by atoms with Crippen LogP contribution in [-0.2, 0) is 9.53 Å². The van der Waals surface area contributed by atoms with Gasteiger partial charge in [-0.15, -0.1) is 0 Å². The standard InChI is InChI=1S/C14H15N3O2S/c1-17(8-12(18)19-2)13-9-5-3-4-6-11(9)16-7-10(13)14(15)20/h3-7H,8H2,1-2H3,(H2,15,20). The highest BCUT2D eigenvalue weighted by Gasteiger charge is 2.16. The normalized spacial score (nSPS) is 10.3. The second-order valence-corrected chi connectivity index (χ2v) is 4.77. The van der Waals surface area contributed by atoms with Crippen LogP contribution in [0.2, 0.25) is 0 Å². The molecule has 0 aliphatic rings. The molecule has 1 aromatic heterocycles. The van der Waals surface area contributed by atoms with Crippen molar-refractivity contribution in [1.82, 2.24) is 4.98 Å². The van der Waals surface area contributed by atoms with Gasteiger partial charge < -0.3 is 15.4 Å². The first-order valence-electron chi connectivity index (χ1n) is 6.00. The second-order valence-electron chi connectivity index (χ2n) is 4.33. The van der Waals surface area contributed by atoms with Gasteiger partial charge in [-0.25, -0.2) is 0 Å². The molecule has 0 atom stereocenters. The fraction of sp³-hybridized carbons (Fsp3) is 0.214. The van der Waals surface area contributed by atoms with E-state index in [0.29, 0.717) is 5.56 Å². The van der Waals surface area contributed by atoms with Gasteiger partial charge >= 0.3 is 5.97 Å². The molecule has 0 fully saturated rings. The molecular weight excluding hydrogens is 274 g/mol. The number of carbonyl (C=O) groups is 1. The van der Waals surface area contributed by atoms with Crippen LogP contribution in [0, 0.1) is 0 Å². The fourth-order valence-corrected chi connectivity index (χ4v) is 2.20. The summed E-state index contributed by atoms with van der Waals surface area (Å²) in [5.41, 5.74) is 8.00. The summed E-state index contributed by atoms with van der Waals surface area (Å²) in [5, 5.41) is 0.893. The summed E-state index contributed by atoms with van der Waals surface area (Å²) in [6.07, 6.45) is 1.63. The van der Waals surface area contributed by atoms with Gasteiger partial charge in [0.25, 0.3) is 0 Å². The molecule has 0 aliphatic heterocycles. The van der Waals surface area contributed by atoms with E-state index in [0.717, 1.165) is 16.6 Å². The predicted octanol–water partition coefficient (Wildman–Crippen LogP) is 1.48. The zero-order valence-electron chi connectivity index (χ0n) is 11.3. The van der Waals surface area contributed by atoms with Gasteiger partial charge in [-0.05, 0) is 6.07 Å². The van der Waals surface area contributed by atoms with Gasteiger partial charge in [0.15, 0.2) is 0 Å². The van der Waals surface area contributed by atoms with Crippen LogP contribution in [0.1, 0.15) is 5.56 Å². The molecule has 5 nitrogen and oxygen atoms in total. The monoisotopic (exact) mass is 289 g/mol. The van der Waals surface area contributed by atoms with Crippen LogP contribution < -0.4 is 10.6 Å². The lowest BCUT2D eigenvalue weighted by molar-refractivity contribution is -0.138. The number of pyridine rings is 1. The second kappa shape index (κ2) is 5.83. The highest BCUT2D eigenvalue weighted by atomic mass is 32.1. The molecule has 0 spiro atoms. The molecule has 0 amide bonds. The molecule has 0 aliphatic carbocycles. The van der Waals surface area contributed by atoms with Crippen LogP contribution in [0.25, 0.3) is 10.9 Å². The number of nitrogens with two attached hydrogens (primary N) is 1. The Morgan fingerprint density at radius 2 is 2.15 bits per heavy atom. The Balaban J connectivity index is 2.60. The maximum atomic E-state index is 11.5. The number of benzene rings is 1. The summed E-state index contributed by atoms with van der Waals surface area (Å²) in [5.74, 6) is -0.331. The summed E-state index contributed by atoms with van der Waals surface area (Å²) in [4.78, 5) is 17.8. The Bertz CT molecular complexity index is 673. The van der Waals surface area contributed by atoms with Crippen LogP contribution >= 0.6 is 12.2 Å². The zero-order valence-corrected chi connectivity index (χ0v) is 12.1. The van der Waals surface area contributed by atoms with Crippen molar-refractivity contribution in [2.24, 2.45) is 5.73 Å². The summed E-state index contributed by atoms with van der Waals surface area (Å²) in [6.45, 7) is 0.111. The minimum atomic E-state index is -0.331. The summed E-state index contributed by atoms with van der Waals surface area (Å²) in [7, 11) is 3.15. The maximum Gasteiger partial charge on any atom is 0.325 e. The third-order valence-electron chi connectivity index (χ3n) is 2.99. The van der Waals surface area contributed by atoms with Crippen LogP contribution in [0.4, 0.5) is 5.69 Å². The summed E-state index contributed by atoms with van der Waals surface area (Å²) in [6, 6.07) is 7.63. The van der Waals surface area contributed by atoms with Crippen molar-refractivity contribution in [3.63, 3.8) is 0 Å². The van der Waals surface area contributed by atoms with Gasteiger partial charge in [-0.2, -0.15) is 0 Å². The average Bonchev–Trinajstić information content (AvgIpc) is 2.45. The lowest BCUT2D eigenvalue weighted by Crippen LogP contribution is -2.29. The summed E-state index contributed by atoms with van der Waals surface area (Å²) < 4.78 is 4.69. The molecule has 0 radical (unpaired) electrons. The third kappa shape index (κ3) is 2.70. The molecule has 2 aromatic rings. The van der Waals surface area contributed by atoms with Crippen molar-refractivity contribution in [1.29, 1.82) is 0 Å². The molecule has 0 saturated heterocycles. The number of methoxy groups -OCH3 is 1. The van der Waals surface area contributed by atoms with E-state index in [1.54, 1.807) is 18.1 Å². The number of ether oxygens (including phenoxy) is 1. The van der Waals surface area contributed by atoms with E-state index in [9.17, 15) is 4.79 Å². The Hall–Kier alpha value is -2.21. The number of aromatic nitrogens is 1. The first-order valence-corrected chi connectivity index (χ1v) is 6.41. The van der Waals surface area contributed by atoms with Crippen molar-refractivity contribution < 1.29 is 9.53 Å². The van der Waals surface area contributed by atoms with Crippen LogP contribution in [0.3, 0.4) is 0 Å². The first-order chi connectivity index (χ1) is 9.54. The Morgan fingerprint density at radius 3 is 2.80 bits per heavy atom. The Morgan fingerprint density at radius 1 is 1.45 bits per heavy atom. The van der Waals surface area contributed by atoms with E-state index in [1.165, 1.54) is 7.11 Å². The molecule has 20 heavy (non-hydrogen) atoms. The smallest absolute Gasteiger partial charge is 0.325 e. The third-order valence-corrected chi connectivity index (χ3v) is 3.21. The first kappa shape index (κ1) is 14.2. The van der Waals surface area contributed by atoms with E-state index in [2.05, 4.69) is 4.98 Å². The highest BCUT2D eigenvalue weighted by Crippen LogP contribution is 2.28. The lowest BCUT2D eigenvalue weighted by atomic mass is 10.1. The van der Waals surface area contributed by atoms with Crippen LogP contribution in [0.5, 0.6) is 0 Å². The number of likely N-dealkylation sites (N-methyl/N-ethyl adjacent to an activating group) is 1. The number of carbonyl (C=O) groups excluding carboxylic acids is 1. The molecule has 0 saturated carbocycles. The number of anilines is 1. The number of hydrogen-bond donors (Lipinski definition) is 1. The van der Waals surface area contributed by atoms with Crippen LogP contribution in [0.15, 0.2) is 30.5 Å². The molecule has 2 rings (SSSR count). The topological polar surface area (TPSA) is 68.5 Å². The Labute approximate surface area is 122 Å². The summed E-state index contributed by atoms with van der Waals surface area (Å²) >= 11 is 5.07. The van der Waals surface area contributed by atoms with Gasteiger partial charge in [-0.3, -0.25) is 9.78 Å². The SMILES string of the molecule is COC(=O)CN(C)c1c(C(N)=S)cnc2ccccc12. The molecule has 0 unspecified atom stereocenters. The molecule has 104 valence electrons. The molecular formula is C14H15N3O2S. The van der Waals surface area contributed by atoms with Crippen LogP contribution in [-0.4, -0.2) is 36.6 Å². The lowest BCUT2D eigenvalue weighted by Gasteiger charge is -2.22. The predicted molar refractivity (Wildman–Crippen MR) is 82.9 cm³/mol. The van der Waals surface area contributed by atoms with Gasteiger partial charge in [0, 0.05) is 18.6 Å². The van der Waals surface area contributed by atoms with Gasteiger partial charge in [-0.1, -0.05) is 30.4 Å². The molecule has 1 aromatic carbocycles. The quantitative estimate of drug-likeness (QED) is 0.679. The number of hydrogen-bond acceptors (Lipinski definition) is 5. The van der Waals surface area contributed by atoms with Crippen molar-refractivity contribution in [3.05, 3.63) is 36.0 Å². The average molecular weight is 289 g/mol. The number of esters is 1. The zero-order chi connectivity index (χ0) is 14.7. The molecule has 1 heterocycles. The fourth-order valence-electron chi connectivity index (χ4n) is 2.06. The number of thiocarbonyl (C=S) groups is 1. The number of para-hydroxylation sites is 1. The minimum Gasteiger partial charge on any atom is -0.468 e. The van der Waals surface area contributed by atoms with Crippen molar-refractivity contribution >= 4 is 39.8 Å². The van der Waals surface area contributed by atoms with E-state index in [1.807, 2.05) is 24.3 Å². The van der Waals surface area contributed by atoms with E-state index < -0.39 is 0 Å². The van der Waals surface area contributed by atoms with Crippen molar-refractivity contribution in [2.75, 3.05) is 25.6 Å². The minimum absolute atomic E-state index is 0.111. The van der Waals surface area contributed by atoms with Gasteiger partial charge in [0.1, 0.15) is 11.5 Å². The van der Waals surface area contributed by atoms with Gasteiger partial charge in [0.2, 0.25) is 0 Å². The molecule has 2 N–H and O–H groups in total. The Kier molecular flexibility index (Phi) is 4.14. The number of fused-ring (bicyclic) bond motifs is 1. The van der Waals surface area contributed by atoms with E-state index >= 15 is 0 Å². The van der Waals surface area contributed by atoms with Crippen molar-refractivity contribution in [3.8, 4) is 0 Å². The molecule has 0 bridgehead atoms. The van der Waals surface area contributed by atoms with Gasteiger partial charge in [0.05, 0.1) is 23.9 Å². The number of nitrogens with zero attached hydrogens (tertiary/aromatic N) is 2. The van der Waals surface area contributed by atoms with E-state index in [-0.39, 0.29) is 17.5 Å². The highest BCUT2D eigenvalue weighted by molar-refractivity contribution is 7.80. The number of rotatable bonds is 4. The van der Waals surface area contributed by atoms with Crippen molar-refractivity contribution in [2.45, 2.75) is 0 Å². The molecule has 6 heteroatoms.